The van der Waals surface area contributed by atoms with Gasteiger partial charge in [0.25, 0.3) is 0 Å². The van der Waals surface area contributed by atoms with Crippen LogP contribution in [-0.2, 0) is 14.4 Å². The first kappa shape index (κ1) is 13.5. The minimum Gasteiger partial charge on any atom is -0.480 e. The summed E-state index contributed by atoms with van der Waals surface area (Å²) in [5, 5.41) is 14.0. The number of rotatable bonds is 3. The van der Waals surface area contributed by atoms with Crippen LogP contribution in [0.2, 0.25) is 0 Å². The van der Waals surface area contributed by atoms with Crippen molar-refractivity contribution in [2.75, 3.05) is 0 Å². The number of carboxylic acids is 1. The maximum atomic E-state index is 11.8. The van der Waals surface area contributed by atoms with Crippen LogP contribution in [0.3, 0.4) is 0 Å². The van der Waals surface area contributed by atoms with Crippen LogP contribution in [0.4, 0.5) is 0 Å². The highest BCUT2D eigenvalue weighted by molar-refractivity contribution is 5.93. The lowest BCUT2D eigenvalue weighted by Crippen LogP contribution is -2.53. The Labute approximate surface area is 99.8 Å². The first-order valence-corrected chi connectivity index (χ1v) is 5.54. The third kappa shape index (κ3) is 3.44. The van der Waals surface area contributed by atoms with E-state index in [1.54, 1.807) is 20.8 Å². The number of hydrogen-bond acceptors (Lipinski definition) is 3. The zero-order valence-corrected chi connectivity index (χ0v) is 10.2. The maximum absolute atomic E-state index is 11.8. The topological polar surface area (TPSA) is 95.5 Å². The molecular weight excluding hydrogens is 224 g/mol. The van der Waals surface area contributed by atoms with Crippen LogP contribution in [-0.4, -0.2) is 35.0 Å². The van der Waals surface area contributed by atoms with Crippen molar-refractivity contribution in [2.24, 2.45) is 5.41 Å². The van der Waals surface area contributed by atoms with Crippen LogP contribution in [0.1, 0.15) is 33.6 Å². The third-order valence-corrected chi connectivity index (χ3v) is 2.71. The molecule has 6 nitrogen and oxygen atoms in total. The normalized spacial score (nSPS) is 21.8. The van der Waals surface area contributed by atoms with Gasteiger partial charge < -0.3 is 15.7 Å². The number of carboxylic acid groups (broad SMARTS) is 1. The second-order valence-corrected chi connectivity index (χ2v) is 5.30. The van der Waals surface area contributed by atoms with E-state index in [0.717, 1.165) is 0 Å². The first-order valence-electron chi connectivity index (χ1n) is 5.54. The Morgan fingerprint density at radius 2 is 2.06 bits per heavy atom. The van der Waals surface area contributed by atoms with E-state index < -0.39 is 29.4 Å². The summed E-state index contributed by atoms with van der Waals surface area (Å²) in [4.78, 5) is 33.8. The molecule has 1 heterocycles. The summed E-state index contributed by atoms with van der Waals surface area (Å²) in [5.74, 6) is -1.68. The summed E-state index contributed by atoms with van der Waals surface area (Å²) >= 11 is 0. The number of amides is 2. The van der Waals surface area contributed by atoms with Crippen LogP contribution >= 0.6 is 0 Å². The van der Waals surface area contributed by atoms with Gasteiger partial charge >= 0.3 is 5.97 Å². The number of nitrogens with one attached hydrogen (secondary N) is 2. The van der Waals surface area contributed by atoms with E-state index in [-0.39, 0.29) is 5.91 Å². The van der Waals surface area contributed by atoms with Crippen LogP contribution < -0.4 is 10.6 Å². The predicted molar refractivity (Wildman–Crippen MR) is 60.2 cm³/mol. The fraction of sp³-hybridized carbons (Fsp3) is 0.727. The average Bonchev–Trinajstić information content (AvgIpc) is 2.58. The van der Waals surface area contributed by atoms with Crippen molar-refractivity contribution in [1.29, 1.82) is 0 Å². The minimum atomic E-state index is -1.07. The monoisotopic (exact) mass is 242 g/mol. The quantitative estimate of drug-likeness (QED) is 0.643. The minimum absolute atomic E-state index is 0.173. The van der Waals surface area contributed by atoms with Crippen LogP contribution in [0, 0.1) is 5.41 Å². The standard InChI is InChI=1S/C11H18N2O4/c1-11(2,3)8(10(16)17)13-9(15)6-4-5-7(14)12-6/h6,8H,4-5H2,1-3H3,(H,12,14)(H,13,15)(H,16,17)/t6-,8-/m0/s1. The van der Waals surface area contributed by atoms with Crippen LogP contribution in [0.25, 0.3) is 0 Å². The molecule has 1 aliphatic heterocycles. The van der Waals surface area contributed by atoms with E-state index in [0.29, 0.717) is 12.8 Å². The van der Waals surface area contributed by atoms with E-state index in [2.05, 4.69) is 10.6 Å². The molecule has 1 rings (SSSR count). The molecule has 0 saturated carbocycles. The fourth-order valence-electron chi connectivity index (χ4n) is 1.70. The van der Waals surface area contributed by atoms with Crippen molar-refractivity contribution in [1.82, 2.24) is 10.6 Å². The highest BCUT2D eigenvalue weighted by atomic mass is 16.4. The smallest absolute Gasteiger partial charge is 0.326 e. The summed E-state index contributed by atoms with van der Waals surface area (Å²) in [7, 11) is 0. The molecule has 0 bridgehead atoms. The van der Waals surface area contributed by atoms with Crippen molar-refractivity contribution in [2.45, 2.75) is 45.7 Å². The number of carbonyl (C=O) groups excluding carboxylic acids is 2. The molecule has 2 amide bonds. The highest BCUT2D eigenvalue weighted by Crippen LogP contribution is 2.20. The molecule has 3 N–H and O–H groups in total. The molecule has 0 spiro atoms. The van der Waals surface area contributed by atoms with Gasteiger partial charge in [0.2, 0.25) is 11.8 Å². The Bertz CT molecular complexity index is 346. The van der Waals surface area contributed by atoms with Gasteiger partial charge in [-0.05, 0) is 11.8 Å². The third-order valence-electron chi connectivity index (χ3n) is 2.71. The van der Waals surface area contributed by atoms with Crippen molar-refractivity contribution < 1.29 is 19.5 Å². The van der Waals surface area contributed by atoms with E-state index >= 15 is 0 Å². The van der Waals surface area contributed by atoms with Crippen LogP contribution in [0.5, 0.6) is 0 Å². The van der Waals surface area contributed by atoms with Crippen molar-refractivity contribution in [3.05, 3.63) is 0 Å². The first-order chi connectivity index (χ1) is 7.71. The van der Waals surface area contributed by atoms with Gasteiger partial charge in [0.15, 0.2) is 0 Å². The van der Waals surface area contributed by atoms with E-state index in [4.69, 9.17) is 5.11 Å². The Balaban J connectivity index is 2.65. The lowest BCUT2D eigenvalue weighted by Gasteiger charge is -2.28. The van der Waals surface area contributed by atoms with E-state index in [1.165, 1.54) is 0 Å². The number of carbonyl (C=O) groups is 3. The SMILES string of the molecule is CC(C)(C)[C@@H](NC(=O)[C@@H]1CCC(=O)N1)C(=O)O. The van der Waals surface area contributed by atoms with Gasteiger partial charge in [0.1, 0.15) is 12.1 Å². The fourth-order valence-corrected chi connectivity index (χ4v) is 1.70. The molecule has 1 saturated heterocycles. The molecular formula is C11H18N2O4. The molecule has 0 radical (unpaired) electrons. The zero-order valence-electron chi connectivity index (χ0n) is 10.2. The molecule has 6 heteroatoms. The molecule has 17 heavy (non-hydrogen) atoms. The molecule has 1 aliphatic rings. The molecule has 0 unspecified atom stereocenters. The lowest BCUT2D eigenvalue weighted by atomic mass is 9.86. The molecule has 0 aromatic carbocycles. The summed E-state index contributed by atoms with van der Waals surface area (Å²) in [5.41, 5.74) is -0.579. The van der Waals surface area contributed by atoms with Gasteiger partial charge in [0.05, 0.1) is 0 Å². The number of aliphatic carboxylic acids is 1. The van der Waals surface area contributed by atoms with Crippen molar-refractivity contribution in [3.8, 4) is 0 Å². The molecule has 2 atom stereocenters. The Morgan fingerprint density at radius 3 is 2.41 bits per heavy atom. The summed E-state index contributed by atoms with van der Waals surface area (Å²) in [6.45, 7) is 5.21. The maximum Gasteiger partial charge on any atom is 0.326 e. The highest BCUT2D eigenvalue weighted by Gasteiger charge is 2.36. The van der Waals surface area contributed by atoms with Gasteiger partial charge in [-0.3, -0.25) is 9.59 Å². The summed E-state index contributed by atoms with van der Waals surface area (Å²) in [6.07, 6.45) is 0.729. The van der Waals surface area contributed by atoms with Gasteiger partial charge in [-0.2, -0.15) is 0 Å². The Kier molecular flexibility index (Phi) is 3.75. The Morgan fingerprint density at radius 1 is 1.47 bits per heavy atom. The second kappa shape index (κ2) is 4.73. The summed E-state index contributed by atoms with van der Waals surface area (Å²) in [6, 6.07) is -1.57. The molecule has 0 aliphatic carbocycles. The van der Waals surface area contributed by atoms with Gasteiger partial charge in [-0.25, -0.2) is 4.79 Å². The van der Waals surface area contributed by atoms with Gasteiger partial charge in [0, 0.05) is 6.42 Å². The predicted octanol–water partition coefficient (Wildman–Crippen LogP) is -0.119. The zero-order chi connectivity index (χ0) is 13.2. The molecule has 96 valence electrons. The van der Waals surface area contributed by atoms with Crippen molar-refractivity contribution in [3.63, 3.8) is 0 Å². The van der Waals surface area contributed by atoms with Gasteiger partial charge in [-0.1, -0.05) is 20.8 Å². The molecule has 1 fully saturated rings. The van der Waals surface area contributed by atoms with E-state index in [1.807, 2.05) is 0 Å². The molecule has 0 aromatic heterocycles. The number of hydrogen-bond donors (Lipinski definition) is 3. The Hall–Kier alpha value is -1.59. The largest absolute Gasteiger partial charge is 0.480 e. The van der Waals surface area contributed by atoms with E-state index in [9.17, 15) is 14.4 Å². The summed E-state index contributed by atoms with van der Waals surface area (Å²) < 4.78 is 0. The average molecular weight is 242 g/mol. The van der Waals surface area contributed by atoms with Crippen LogP contribution in [0.15, 0.2) is 0 Å². The van der Waals surface area contributed by atoms with Crippen molar-refractivity contribution >= 4 is 17.8 Å². The lowest BCUT2D eigenvalue weighted by molar-refractivity contribution is -0.145. The molecule has 0 aromatic rings. The van der Waals surface area contributed by atoms with Gasteiger partial charge in [-0.15, -0.1) is 0 Å². The second-order valence-electron chi connectivity index (χ2n) is 5.30.